The molecule has 8 heteroatoms. The fourth-order valence-electron chi connectivity index (χ4n) is 2.46. The Hall–Kier alpha value is -2.61. The third-order valence-corrected chi connectivity index (χ3v) is 3.72. The minimum Gasteiger partial charge on any atom is -0.381 e. The average molecular weight is 313 g/mol. The minimum atomic E-state index is 0.244. The van der Waals surface area contributed by atoms with Crippen LogP contribution in [-0.2, 0) is 17.6 Å². The van der Waals surface area contributed by atoms with Crippen LogP contribution in [0.25, 0.3) is 11.4 Å². The lowest BCUT2D eigenvalue weighted by molar-refractivity contribution is 0.192. The first-order valence-corrected chi connectivity index (χ1v) is 7.52. The molecular formula is C15H15N5O3. The number of nitrogens with zero attached hydrogens (tertiary/aromatic N) is 5. The van der Waals surface area contributed by atoms with Crippen molar-refractivity contribution in [2.24, 2.45) is 0 Å². The van der Waals surface area contributed by atoms with E-state index in [9.17, 15) is 0 Å². The Morgan fingerprint density at radius 1 is 1.09 bits per heavy atom. The van der Waals surface area contributed by atoms with Gasteiger partial charge >= 0.3 is 0 Å². The molecule has 0 radical (unpaired) electrons. The number of ether oxygens (including phenoxy) is 1. The Kier molecular flexibility index (Phi) is 3.81. The first kappa shape index (κ1) is 14.0. The number of hydrogen-bond donors (Lipinski definition) is 0. The predicted molar refractivity (Wildman–Crippen MR) is 77.4 cm³/mol. The molecule has 0 amide bonds. The normalized spacial score (nSPS) is 17.7. The molecule has 1 atom stereocenters. The Bertz CT molecular complexity index is 764. The number of aromatic nitrogens is 5. The van der Waals surface area contributed by atoms with Crippen molar-refractivity contribution in [3.8, 4) is 11.4 Å². The molecule has 4 rings (SSSR count). The van der Waals surface area contributed by atoms with Gasteiger partial charge in [-0.2, -0.15) is 9.97 Å². The molecular weight excluding hydrogens is 298 g/mol. The number of hydrogen-bond acceptors (Lipinski definition) is 8. The van der Waals surface area contributed by atoms with Crippen LogP contribution in [0.3, 0.4) is 0 Å². The van der Waals surface area contributed by atoms with E-state index in [1.54, 1.807) is 12.4 Å². The second-order valence-electron chi connectivity index (χ2n) is 5.36. The number of pyridine rings is 1. The molecule has 1 fully saturated rings. The maximum absolute atomic E-state index is 5.33. The summed E-state index contributed by atoms with van der Waals surface area (Å²) in [5, 5.41) is 7.98. The van der Waals surface area contributed by atoms with Crippen LogP contribution < -0.4 is 0 Å². The number of rotatable bonds is 5. The van der Waals surface area contributed by atoms with Gasteiger partial charge in [0, 0.05) is 43.3 Å². The minimum absolute atomic E-state index is 0.244. The highest BCUT2D eigenvalue weighted by Gasteiger charge is 2.23. The molecule has 1 saturated heterocycles. The fraction of sp³-hybridized carbons (Fsp3) is 0.400. The van der Waals surface area contributed by atoms with Crippen molar-refractivity contribution >= 4 is 0 Å². The van der Waals surface area contributed by atoms with Gasteiger partial charge in [-0.25, -0.2) is 0 Å². The summed E-state index contributed by atoms with van der Waals surface area (Å²) in [5.41, 5.74) is 0.823. The first-order chi connectivity index (χ1) is 11.4. The van der Waals surface area contributed by atoms with Crippen molar-refractivity contribution < 1.29 is 13.8 Å². The summed E-state index contributed by atoms with van der Waals surface area (Å²) in [6.07, 6.45) is 5.46. The van der Waals surface area contributed by atoms with Crippen LogP contribution in [0, 0.1) is 0 Å². The topological polar surface area (TPSA) is 100.0 Å². The predicted octanol–water partition coefficient (Wildman–Crippen LogP) is 1.80. The van der Waals surface area contributed by atoms with Gasteiger partial charge in [-0.15, -0.1) is 0 Å². The van der Waals surface area contributed by atoms with Gasteiger partial charge in [0.05, 0.1) is 6.61 Å². The van der Waals surface area contributed by atoms with E-state index in [1.807, 2.05) is 12.1 Å². The zero-order valence-electron chi connectivity index (χ0n) is 12.4. The summed E-state index contributed by atoms with van der Waals surface area (Å²) in [5.74, 6) is 2.61. The van der Waals surface area contributed by atoms with E-state index in [2.05, 4.69) is 25.3 Å². The zero-order chi connectivity index (χ0) is 15.5. The smallest absolute Gasteiger partial charge is 0.227 e. The molecule has 0 bridgehead atoms. The van der Waals surface area contributed by atoms with Crippen LogP contribution in [0.5, 0.6) is 0 Å². The maximum atomic E-state index is 5.33. The van der Waals surface area contributed by atoms with Crippen molar-refractivity contribution in [3.63, 3.8) is 0 Å². The lowest BCUT2D eigenvalue weighted by Crippen LogP contribution is -2.00. The SMILES string of the molecule is c1cncc(-c2noc(CCc3nc(C4CCOC4)no3)n2)c1. The van der Waals surface area contributed by atoms with E-state index in [4.69, 9.17) is 13.8 Å². The third-order valence-electron chi connectivity index (χ3n) is 3.72. The third kappa shape index (κ3) is 3.11. The van der Waals surface area contributed by atoms with Crippen molar-refractivity contribution in [2.45, 2.75) is 25.2 Å². The summed E-state index contributed by atoms with van der Waals surface area (Å²) >= 11 is 0. The highest BCUT2D eigenvalue weighted by molar-refractivity contribution is 5.51. The van der Waals surface area contributed by atoms with Gasteiger partial charge in [0.15, 0.2) is 5.82 Å². The molecule has 0 aliphatic carbocycles. The highest BCUT2D eigenvalue weighted by atomic mass is 16.5. The van der Waals surface area contributed by atoms with E-state index in [1.165, 1.54) is 0 Å². The molecule has 1 aliphatic rings. The van der Waals surface area contributed by atoms with E-state index in [-0.39, 0.29) is 5.92 Å². The Morgan fingerprint density at radius 3 is 2.74 bits per heavy atom. The fourth-order valence-corrected chi connectivity index (χ4v) is 2.46. The van der Waals surface area contributed by atoms with Crippen molar-refractivity contribution in [1.82, 2.24) is 25.3 Å². The molecule has 1 unspecified atom stereocenters. The Labute approximate surface area is 131 Å². The summed E-state index contributed by atoms with van der Waals surface area (Å²) in [7, 11) is 0. The molecule has 118 valence electrons. The van der Waals surface area contributed by atoms with Crippen LogP contribution in [-0.4, -0.2) is 38.5 Å². The van der Waals surface area contributed by atoms with Gasteiger partial charge in [0.2, 0.25) is 17.6 Å². The van der Waals surface area contributed by atoms with E-state index in [0.29, 0.717) is 37.1 Å². The molecule has 0 spiro atoms. The van der Waals surface area contributed by atoms with Gasteiger partial charge < -0.3 is 13.8 Å². The Balaban J connectivity index is 1.39. The van der Waals surface area contributed by atoms with E-state index < -0.39 is 0 Å². The molecule has 23 heavy (non-hydrogen) atoms. The van der Waals surface area contributed by atoms with Crippen LogP contribution in [0.1, 0.15) is 29.9 Å². The van der Waals surface area contributed by atoms with Gasteiger partial charge in [-0.3, -0.25) is 4.98 Å². The molecule has 0 aromatic carbocycles. The molecule has 3 aromatic heterocycles. The van der Waals surface area contributed by atoms with Gasteiger partial charge in [-0.05, 0) is 18.6 Å². The molecule has 0 saturated carbocycles. The van der Waals surface area contributed by atoms with Crippen LogP contribution in [0.15, 0.2) is 33.6 Å². The quantitative estimate of drug-likeness (QED) is 0.703. The first-order valence-electron chi connectivity index (χ1n) is 7.52. The standard InChI is InChI=1S/C15H15N5O3/c1-2-10(8-16-6-1)14-17-12(22-19-14)3-4-13-18-15(20-23-13)11-5-7-21-9-11/h1-2,6,8,11H,3-5,7,9H2. The lowest BCUT2D eigenvalue weighted by atomic mass is 10.1. The largest absolute Gasteiger partial charge is 0.381 e. The van der Waals surface area contributed by atoms with Crippen LogP contribution in [0.4, 0.5) is 0 Å². The molecule has 1 aliphatic heterocycles. The zero-order valence-corrected chi connectivity index (χ0v) is 12.4. The summed E-state index contributed by atoms with van der Waals surface area (Å²) in [6, 6.07) is 3.72. The summed E-state index contributed by atoms with van der Waals surface area (Å²) in [4.78, 5) is 12.8. The van der Waals surface area contributed by atoms with Crippen molar-refractivity contribution in [2.75, 3.05) is 13.2 Å². The van der Waals surface area contributed by atoms with Crippen molar-refractivity contribution in [1.29, 1.82) is 0 Å². The molecule has 0 N–H and O–H groups in total. The van der Waals surface area contributed by atoms with Crippen molar-refractivity contribution in [3.05, 3.63) is 42.1 Å². The van der Waals surface area contributed by atoms with E-state index in [0.717, 1.165) is 24.4 Å². The van der Waals surface area contributed by atoms with Gasteiger partial charge in [-0.1, -0.05) is 10.3 Å². The van der Waals surface area contributed by atoms with Crippen LogP contribution in [0.2, 0.25) is 0 Å². The lowest BCUT2D eigenvalue weighted by Gasteiger charge is -1.97. The second-order valence-corrected chi connectivity index (χ2v) is 5.36. The van der Waals surface area contributed by atoms with Gasteiger partial charge in [0.25, 0.3) is 0 Å². The second kappa shape index (κ2) is 6.25. The number of aryl methyl sites for hydroxylation is 2. The maximum Gasteiger partial charge on any atom is 0.227 e. The van der Waals surface area contributed by atoms with Gasteiger partial charge in [0.1, 0.15) is 0 Å². The average Bonchev–Trinajstić information content (AvgIpc) is 3.33. The molecule has 3 aromatic rings. The summed E-state index contributed by atoms with van der Waals surface area (Å²) in [6.45, 7) is 1.42. The monoisotopic (exact) mass is 313 g/mol. The Morgan fingerprint density at radius 2 is 1.96 bits per heavy atom. The van der Waals surface area contributed by atoms with Crippen LogP contribution >= 0.6 is 0 Å². The molecule has 8 nitrogen and oxygen atoms in total. The summed E-state index contributed by atoms with van der Waals surface area (Å²) < 4.78 is 15.9. The highest BCUT2D eigenvalue weighted by Crippen LogP contribution is 2.22. The van der Waals surface area contributed by atoms with E-state index >= 15 is 0 Å². The molecule has 4 heterocycles.